The van der Waals surface area contributed by atoms with E-state index in [2.05, 4.69) is 15.2 Å². The highest BCUT2D eigenvalue weighted by molar-refractivity contribution is 5.78. The normalized spacial score (nSPS) is 10.7. The number of pyridine rings is 2. The van der Waals surface area contributed by atoms with Gasteiger partial charge in [-0.25, -0.2) is 0 Å². The van der Waals surface area contributed by atoms with Crippen molar-refractivity contribution >= 4 is 10.9 Å². The molecule has 0 spiro atoms. The molecule has 0 aliphatic carbocycles. The summed E-state index contributed by atoms with van der Waals surface area (Å²) in [5.41, 5.74) is 2.09. The number of nitrogens with one attached hydrogen (secondary N) is 2. The van der Waals surface area contributed by atoms with Crippen molar-refractivity contribution in [3.63, 3.8) is 0 Å². The van der Waals surface area contributed by atoms with Crippen LogP contribution in [0.5, 0.6) is 0 Å². The van der Waals surface area contributed by atoms with Crippen LogP contribution in [0, 0.1) is 11.3 Å². The van der Waals surface area contributed by atoms with Crippen molar-refractivity contribution in [1.82, 2.24) is 19.7 Å². The lowest BCUT2D eigenvalue weighted by atomic mass is 10.1. The Morgan fingerprint density at radius 2 is 1.92 bits per heavy atom. The molecular weight excluding hydrogens is 330 g/mol. The van der Waals surface area contributed by atoms with E-state index >= 15 is 0 Å². The lowest BCUT2D eigenvalue weighted by molar-refractivity contribution is 0.742. The van der Waals surface area contributed by atoms with Crippen LogP contribution >= 0.6 is 0 Å². The molecule has 4 aromatic rings. The predicted molar refractivity (Wildman–Crippen MR) is 96.7 cm³/mol. The molecule has 4 rings (SSSR count). The second-order valence-electron chi connectivity index (χ2n) is 5.84. The number of aromatic amines is 2. The minimum Gasteiger partial charge on any atom is -0.321 e. The van der Waals surface area contributed by atoms with Gasteiger partial charge in [-0.1, -0.05) is 30.3 Å². The van der Waals surface area contributed by atoms with Gasteiger partial charge in [-0.15, -0.1) is 0 Å². The summed E-state index contributed by atoms with van der Waals surface area (Å²) in [6, 6.07) is 16.4. The molecule has 1 aromatic carbocycles. The molecule has 3 heterocycles. The van der Waals surface area contributed by atoms with Gasteiger partial charge in [0.2, 0.25) is 0 Å². The minimum atomic E-state index is -0.502. The van der Waals surface area contributed by atoms with Gasteiger partial charge >= 0.3 is 0 Å². The summed E-state index contributed by atoms with van der Waals surface area (Å²) in [5, 5.41) is 16.5. The Bertz CT molecular complexity index is 1260. The van der Waals surface area contributed by atoms with Gasteiger partial charge in [-0.2, -0.15) is 10.4 Å². The van der Waals surface area contributed by atoms with Crippen molar-refractivity contribution in [2.75, 3.05) is 0 Å². The second kappa shape index (κ2) is 6.18. The van der Waals surface area contributed by atoms with Crippen LogP contribution in [0.2, 0.25) is 0 Å². The molecule has 0 saturated heterocycles. The Morgan fingerprint density at radius 3 is 2.69 bits per heavy atom. The Labute approximate surface area is 147 Å². The average molecular weight is 343 g/mol. The zero-order valence-corrected chi connectivity index (χ0v) is 13.6. The van der Waals surface area contributed by atoms with Gasteiger partial charge in [-0.3, -0.25) is 14.7 Å². The first-order valence-corrected chi connectivity index (χ1v) is 7.92. The molecule has 0 atom stereocenters. The highest BCUT2D eigenvalue weighted by atomic mass is 16.1. The molecular formula is C19H13N5O2. The average Bonchev–Trinajstić information content (AvgIpc) is 3.13. The number of aromatic nitrogens is 4. The maximum absolute atomic E-state index is 12.7. The van der Waals surface area contributed by atoms with Crippen LogP contribution in [0.4, 0.5) is 0 Å². The van der Waals surface area contributed by atoms with Crippen molar-refractivity contribution in [1.29, 1.82) is 5.26 Å². The molecule has 0 aliphatic rings. The third kappa shape index (κ3) is 2.70. The fraction of sp³-hybridized carbons (Fsp3) is 0.0526. The predicted octanol–water partition coefficient (Wildman–Crippen LogP) is 2.00. The molecule has 2 N–H and O–H groups in total. The van der Waals surface area contributed by atoms with Gasteiger partial charge in [0, 0.05) is 11.8 Å². The van der Waals surface area contributed by atoms with E-state index in [4.69, 9.17) is 5.26 Å². The molecule has 0 saturated carbocycles. The number of hydrogen-bond acceptors (Lipinski definition) is 4. The van der Waals surface area contributed by atoms with Crippen molar-refractivity contribution in [2.24, 2.45) is 0 Å². The molecule has 7 nitrogen and oxygen atoms in total. The third-order valence-electron chi connectivity index (χ3n) is 4.15. The van der Waals surface area contributed by atoms with Gasteiger partial charge in [0.1, 0.15) is 11.6 Å². The fourth-order valence-corrected chi connectivity index (χ4v) is 2.83. The minimum absolute atomic E-state index is 0.0831. The van der Waals surface area contributed by atoms with Crippen LogP contribution in [-0.4, -0.2) is 19.7 Å². The smallest absolute Gasteiger partial charge is 0.266 e. The molecule has 0 amide bonds. The summed E-state index contributed by atoms with van der Waals surface area (Å²) in [6.45, 7) is 0.301. The molecule has 26 heavy (non-hydrogen) atoms. The van der Waals surface area contributed by atoms with Crippen molar-refractivity contribution in [3.8, 4) is 17.3 Å². The zero-order chi connectivity index (χ0) is 18.1. The second-order valence-corrected chi connectivity index (χ2v) is 5.84. The largest absolute Gasteiger partial charge is 0.321 e. The van der Waals surface area contributed by atoms with Crippen LogP contribution in [0.15, 0.2) is 64.3 Å². The van der Waals surface area contributed by atoms with Crippen LogP contribution in [0.25, 0.3) is 22.2 Å². The molecule has 0 fully saturated rings. The first-order chi connectivity index (χ1) is 12.7. The number of H-pyrrole nitrogens is 2. The van der Waals surface area contributed by atoms with Crippen LogP contribution in [-0.2, 0) is 6.54 Å². The van der Waals surface area contributed by atoms with Gasteiger partial charge in [0.25, 0.3) is 11.1 Å². The lowest BCUT2D eigenvalue weighted by Gasteiger charge is -2.05. The first kappa shape index (κ1) is 15.6. The van der Waals surface area contributed by atoms with Crippen molar-refractivity contribution in [2.45, 2.75) is 6.54 Å². The summed E-state index contributed by atoms with van der Waals surface area (Å²) in [6.07, 6.45) is 1.61. The number of nitrogens with zero attached hydrogens (tertiary/aromatic N) is 3. The molecule has 0 radical (unpaired) electrons. The summed E-state index contributed by atoms with van der Waals surface area (Å²) >= 11 is 0. The van der Waals surface area contributed by atoms with Crippen LogP contribution in [0.3, 0.4) is 0 Å². The van der Waals surface area contributed by atoms with E-state index in [1.54, 1.807) is 18.3 Å². The van der Waals surface area contributed by atoms with E-state index < -0.39 is 5.56 Å². The quantitative estimate of drug-likeness (QED) is 0.593. The summed E-state index contributed by atoms with van der Waals surface area (Å²) < 4.78 is 1.50. The number of benzene rings is 1. The number of hydrogen-bond donors (Lipinski definition) is 2. The zero-order valence-electron chi connectivity index (χ0n) is 13.6. The van der Waals surface area contributed by atoms with E-state index in [-0.39, 0.29) is 11.1 Å². The summed E-state index contributed by atoms with van der Waals surface area (Å²) in [5.74, 6) is 0. The van der Waals surface area contributed by atoms with Gasteiger partial charge in [0.05, 0.1) is 28.8 Å². The maximum atomic E-state index is 12.7. The number of fused-ring (bicyclic) bond motifs is 1. The maximum Gasteiger partial charge on any atom is 0.266 e. The van der Waals surface area contributed by atoms with E-state index in [1.807, 2.05) is 36.4 Å². The molecule has 0 unspecified atom stereocenters. The molecule has 3 aromatic heterocycles. The Morgan fingerprint density at radius 1 is 1.12 bits per heavy atom. The Kier molecular flexibility index (Phi) is 3.71. The Balaban J connectivity index is 1.72. The van der Waals surface area contributed by atoms with Gasteiger partial charge < -0.3 is 9.55 Å². The van der Waals surface area contributed by atoms with E-state index in [9.17, 15) is 9.59 Å². The topological polar surface area (TPSA) is 107 Å². The lowest BCUT2D eigenvalue weighted by Crippen LogP contribution is -2.22. The van der Waals surface area contributed by atoms with Crippen molar-refractivity contribution < 1.29 is 0 Å². The van der Waals surface area contributed by atoms with E-state index in [0.29, 0.717) is 17.4 Å². The standard InChI is InChI=1S/C19H13N5O2/c20-10-13-8-15-16(21-18(13)25)6-7-24(19(15)26)11-14-9-17(23-22-14)12-4-2-1-3-5-12/h1-9H,11H2,(H,21,25)(H,22,23). The highest BCUT2D eigenvalue weighted by Crippen LogP contribution is 2.17. The van der Waals surface area contributed by atoms with Gasteiger partial charge in [-0.05, 0) is 18.2 Å². The first-order valence-electron chi connectivity index (χ1n) is 7.92. The highest BCUT2D eigenvalue weighted by Gasteiger charge is 2.09. The van der Waals surface area contributed by atoms with E-state index in [1.165, 1.54) is 10.6 Å². The van der Waals surface area contributed by atoms with Gasteiger partial charge in [0.15, 0.2) is 0 Å². The monoisotopic (exact) mass is 343 g/mol. The summed E-state index contributed by atoms with van der Waals surface area (Å²) in [7, 11) is 0. The van der Waals surface area contributed by atoms with Crippen molar-refractivity contribution in [3.05, 3.63) is 86.7 Å². The summed E-state index contributed by atoms with van der Waals surface area (Å²) in [4.78, 5) is 26.9. The SMILES string of the molecule is N#Cc1cc2c(=O)n(Cc3cc(-c4ccccc4)n[nH]3)ccc2[nH]c1=O. The number of nitriles is 1. The Hall–Kier alpha value is -3.92. The van der Waals surface area contributed by atoms with Crippen LogP contribution < -0.4 is 11.1 Å². The molecule has 0 bridgehead atoms. The molecule has 7 heteroatoms. The number of rotatable bonds is 3. The van der Waals surface area contributed by atoms with E-state index in [0.717, 1.165) is 17.0 Å². The third-order valence-corrected chi connectivity index (χ3v) is 4.15. The fourth-order valence-electron chi connectivity index (χ4n) is 2.83. The van der Waals surface area contributed by atoms with Crippen LogP contribution in [0.1, 0.15) is 11.3 Å². The molecule has 0 aliphatic heterocycles. The molecule has 126 valence electrons.